The summed E-state index contributed by atoms with van der Waals surface area (Å²) >= 11 is 0. The van der Waals surface area contributed by atoms with E-state index >= 15 is 0 Å². The lowest BCUT2D eigenvalue weighted by Crippen LogP contribution is -2.38. The van der Waals surface area contributed by atoms with Gasteiger partial charge >= 0.3 is 0 Å². The van der Waals surface area contributed by atoms with E-state index in [1.807, 2.05) is 23.1 Å². The third kappa shape index (κ3) is 2.28. The number of H-pyrrole nitrogens is 1. The summed E-state index contributed by atoms with van der Waals surface area (Å²) in [5.41, 5.74) is 4.22. The first-order valence-corrected chi connectivity index (χ1v) is 8.46. The number of aromatic amines is 1. The second-order valence-corrected chi connectivity index (χ2v) is 6.36. The van der Waals surface area contributed by atoms with E-state index < -0.39 is 0 Å². The quantitative estimate of drug-likeness (QED) is 0.605. The molecule has 0 aliphatic carbocycles. The Kier molecular flexibility index (Phi) is 3.31. The van der Waals surface area contributed by atoms with Crippen molar-refractivity contribution in [1.82, 2.24) is 29.5 Å². The first-order chi connectivity index (χ1) is 12.8. The van der Waals surface area contributed by atoms with Gasteiger partial charge in [0.1, 0.15) is 5.56 Å². The maximum absolute atomic E-state index is 13.2. The molecule has 1 aliphatic heterocycles. The highest BCUT2D eigenvalue weighted by atomic mass is 16.2. The van der Waals surface area contributed by atoms with E-state index in [-0.39, 0.29) is 11.8 Å². The molecule has 1 unspecified atom stereocenters. The smallest absolute Gasteiger partial charge is 0.259 e. The molecule has 26 heavy (non-hydrogen) atoms. The highest BCUT2D eigenvalue weighted by Crippen LogP contribution is 2.32. The minimum Gasteiger partial charge on any atom is -0.347 e. The topological polar surface area (TPSA) is 79.2 Å². The summed E-state index contributed by atoms with van der Waals surface area (Å²) in [6, 6.07) is 12.0. The van der Waals surface area contributed by atoms with Gasteiger partial charge in [-0.3, -0.25) is 4.79 Å². The number of benzene rings is 1. The number of nitrogens with zero attached hydrogens (tertiary/aromatic N) is 5. The molecule has 0 radical (unpaired) electrons. The van der Waals surface area contributed by atoms with Gasteiger partial charge in [-0.15, -0.1) is 0 Å². The second-order valence-electron chi connectivity index (χ2n) is 6.36. The zero-order valence-corrected chi connectivity index (χ0v) is 13.9. The van der Waals surface area contributed by atoms with Crippen LogP contribution in [0.4, 0.5) is 0 Å². The Bertz CT molecular complexity index is 1080. The predicted octanol–water partition coefficient (Wildman–Crippen LogP) is 2.24. The van der Waals surface area contributed by atoms with Gasteiger partial charge in [-0.1, -0.05) is 30.3 Å². The number of nitrogens with one attached hydrogen (secondary N) is 1. The molecule has 128 valence electrons. The van der Waals surface area contributed by atoms with Crippen molar-refractivity contribution in [3.05, 3.63) is 83.8 Å². The van der Waals surface area contributed by atoms with Gasteiger partial charge in [0.15, 0.2) is 5.65 Å². The van der Waals surface area contributed by atoms with Crippen molar-refractivity contribution in [1.29, 1.82) is 0 Å². The van der Waals surface area contributed by atoms with E-state index in [0.717, 1.165) is 17.0 Å². The molecular weight excluding hydrogens is 328 g/mol. The lowest BCUT2D eigenvalue weighted by molar-refractivity contribution is 0.0723. The van der Waals surface area contributed by atoms with Crippen molar-refractivity contribution in [3.8, 4) is 0 Å². The number of imidazole rings is 1. The molecule has 7 heteroatoms. The van der Waals surface area contributed by atoms with E-state index in [0.29, 0.717) is 24.3 Å². The summed E-state index contributed by atoms with van der Waals surface area (Å²) < 4.78 is 1.62. The molecule has 4 aromatic rings. The molecule has 0 saturated carbocycles. The van der Waals surface area contributed by atoms with Crippen LogP contribution in [0.1, 0.15) is 33.2 Å². The molecule has 7 nitrogen and oxygen atoms in total. The number of rotatable bonds is 2. The summed E-state index contributed by atoms with van der Waals surface area (Å²) in [6.45, 7) is 1.08. The number of hydrogen-bond donors (Lipinski definition) is 1. The summed E-state index contributed by atoms with van der Waals surface area (Å²) in [4.78, 5) is 27.0. The number of carbonyl (C=O) groups excluding carboxylic acids is 1. The van der Waals surface area contributed by atoms with Crippen LogP contribution in [0.3, 0.4) is 0 Å². The standard InChI is InChI=1S/C19H16N6O/c26-19(14-9-23-25-8-4-7-20-18(14)25)24-10-15(13-5-2-1-3-6-13)17-16(11-24)21-12-22-17/h1-9,12,15H,10-11H2,(H,21,22). The average molecular weight is 344 g/mol. The van der Waals surface area contributed by atoms with Crippen LogP contribution in [0.2, 0.25) is 0 Å². The van der Waals surface area contributed by atoms with Crippen LogP contribution in [-0.2, 0) is 6.54 Å². The Hall–Kier alpha value is -3.48. The third-order valence-corrected chi connectivity index (χ3v) is 4.83. The summed E-state index contributed by atoms with van der Waals surface area (Å²) in [5, 5.41) is 4.23. The SMILES string of the molecule is O=C(c1cnn2cccnc12)N1Cc2[nH]cnc2C(c2ccccc2)C1. The van der Waals surface area contributed by atoms with Gasteiger partial charge < -0.3 is 9.88 Å². The third-order valence-electron chi connectivity index (χ3n) is 4.83. The Morgan fingerprint density at radius 2 is 2.04 bits per heavy atom. The number of hydrogen-bond acceptors (Lipinski definition) is 4. The summed E-state index contributed by atoms with van der Waals surface area (Å²) in [6.07, 6.45) is 6.75. The largest absolute Gasteiger partial charge is 0.347 e. The molecule has 0 fully saturated rings. The number of fused-ring (bicyclic) bond motifs is 2. The van der Waals surface area contributed by atoms with Crippen LogP contribution in [0.15, 0.2) is 61.3 Å². The van der Waals surface area contributed by atoms with Crippen LogP contribution in [-0.4, -0.2) is 41.9 Å². The maximum Gasteiger partial charge on any atom is 0.259 e. The highest BCUT2D eigenvalue weighted by Gasteiger charge is 2.32. The zero-order chi connectivity index (χ0) is 17.5. The molecule has 1 amide bonds. The molecule has 1 aromatic carbocycles. The fourth-order valence-electron chi connectivity index (χ4n) is 3.57. The lowest BCUT2D eigenvalue weighted by Gasteiger charge is -2.32. The van der Waals surface area contributed by atoms with Crippen molar-refractivity contribution in [2.45, 2.75) is 12.5 Å². The highest BCUT2D eigenvalue weighted by molar-refractivity contribution is 5.99. The lowest BCUT2D eigenvalue weighted by atomic mass is 9.90. The fourth-order valence-corrected chi connectivity index (χ4v) is 3.57. The molecule has 1 N–H and O–H groups in total. The van der Waals surface area contributed by atoms with E-state index in [9.17, 15) is 4.79 Å². The van der Waals surface area contributed by atoms with Gasteiger partial charge in [-0.25, -0.2) is 14.5 Å². The summed E-state index contributed by atoms with van der Waals surface area (Å²) in [5.74, 6) is -0.0233. The monoisotopic (exact) mass is 344 g/mol. The van der Waals surface area contributed by atoms with Crippen LogP contribution < -0.4 is 0 Å². The zero-order valence-electron chi connectivity index (χ0n) is 13.9. The molecule has 1 aliphatic rings. The Labute approximate surface area is 149 Å². The molecular formula is C19H16N6O. The fraction of sp³-hybridized carbons (Fsp3) is 0.158. The molecule has 3 aromatic heterocycles. The molecule has 0 bridgehead atoms. The molecule has 4 heterocycles. The van der Waals surface area contributed by atoms with Crippen molar-refractivity contribution in [3.63, 3.8) is 0 Å². The van der Waals surface area contributed by atoms with Crippen LogP contribution in [0.5, 0.6) is 0 Å². The van der Waals surface area contributed by atoms with Crippen molar-refractivity contribution in [2.24, 2.45) is 0 Å². The Balaban J connectivity index is 1.53. The summed E-state index contributed by atoms with van der Waals surface area (Å²) in [7, 11) is 0. The van der Waals surface area contributed by atoms with Gasteiger partial charge in [0.05, 0.1) is 30.5 Å². The number of carbonyl (C=O) groups is 1. The van der Waals surface area contributed by atoms with Crippen molar-refractivity contribution in [2.75, 3.05) is 6.54 Å². The molecule has 5 rings (SSSR count). The van der Waals surface area contributed by atoms with Gasteiger partial charge in [0.25, 0.3) is 5.91 Å². The van der Waals surface area contributed by atoms with Crippen LogP contribution in [0, 0.1) is 0 Å². The minimum atomic E-state index is -0.0696. The normalized spacial score (nSPS) is 16.6. The van der Waals surface area contributed by atoms with Crippen LogP contribution >= 0.6 is 0 Å². The maximum atomic E-state index is 13.2. The van der Waals surface area contributed by atoms with E-state index in [4.69, 9.17) is 0 Å². The Morgan fingerprint density at radius 1 is 1.15 bits per heavy atom. The van der Waals surface area contributed by atoms with Gasteiger partial charge in [0.2, 0.25) is 0 Å². The van der Waals surface area contributed by atoms with E-state index in [1.54, 1.807) is 35.5 Å². The molecule has 0 saturated heterocycles. The van der Waals surface area contributed by atoms with Crippen LogP contribution in [0.25, 0.3) is 5.65 Å². The van der Waals surface area contributed by atoms with Gasteiger partial charge in [0, 0.05) is 24.9 Å². The number of amides is 1. The van der Waals surface area contributed by atoms with E-state index in [1.165, 1.54) is 0 Å². The molecule has 1 atom stereocenters. The minimum absolute atomic E-state index is 0.0462. The number of aromatic nitrogens is 5. The average Bonchev–Trinajstić information content (AvgIpc) is 3.34. The first kappa shape index (κ1) is 14.8. The van der Waals surface area contributed by atoms with Gasteiger partial charge in [-0.05, 0) is 11.6 Å². The molecule has 0 spiro atoms. The predicted molar refractivity (Wildman–Crippen MR) is 94.6 cm³/mol. The van der Waals surface area contributed by atoms with Crippen molar-refractivity contribution >= 4 is 11.6 Å². The van der Waals surface area contributed by atoms with Crippen molar-refractivity contribution < 1.29 is 4.79 Å². The van der Waals surface area contributed by atoms with E-state index in [2.05, 4.69) is 32.2 Å². The first-order valence-electron chi connectivity index (χ1n) is 8.46. The second kappa shape index (κ2) is 5.80. The Morgan fingerprint density at radius 3 is 2.92 bits per heavy atom. The van der Waals surface area contributed by atoms with Gasteiger partial charge in [-0.2, -0.15) is 5.10 Å².